The predicted octanol–water partition coefficient (Wildman–Crippen LogP) is 4.46. The minimum atomic E-state index is -0.942. The topological polar surface area (TPSA) is 29.1 Å². The molecule has 0 spiro atoms. The highest BCUT2D eigenvalue weighted by atomic mass is 32.2. The maximum atomic E-state index is 13.2. The standard InChI is InChI=1S/C17H16F3NOS/c1-10(12-3-5-13(18)6-4-12)21-17(22)11(2)23-14-7-8-15(19)16(20)9-14/h3-11H,1-2H3,(H,21,22)/t10-,11-/m0/s1. The summed E-state index contributed by atoms with van der Waals surface area (Å²) in [5, 5.41) is 2.33. The number of thioether (sulfide) groups is 1. The van der Waals surface area contributed by atoms with Gasteiger partial charge < -0.3 is 5.32 Å². The first-order valence-corrected chi connectivity index (χ1v) is 7.92. The van der Waals surface area contributed by atoms with Crippen molar-refractivity contribution in [3.63, 3.8) is 0 Å². The van der Waals surface area contributed by atoms with Gasteiger partial charge in [0.1, 0.15) is 5.82 Å². The average Bonchev–Trinajstić information content (AvgIpc) is 2.51. The van der Waals surface area contributed by atoms with Crippen LogP contribution in [0.4, 0.5) is 13.2 Å². The largest absolute Gasteiger partial charge is 0.349 e. The van der Waals surface area contributed by atoms with Crippen LogP contribution in [0.15, 0.2) is 47.4 Å². The molecule has 122 valence electrons. The van der Waals surface area contributed by atoms with Crippen molar-refractivity contribution in [1.29, 1.82) is 0 Å². The van der Waals surface area contributed by atoms with Crippen LogP contribution < -0.4 is 5.32 Å². The van der Waals surface area contributed by atoms with Crippen molar-refractivity contribution in [3.05, 3.63) is 65.5 Å². The zero-order valence-corrected chi connectivity index (χ0v) is 13.5. The van der Waals surface area contributed by atoms with Gasteiger partial charge in [-0.25, -0.2) is 13.2 Å². The Morgan fingerprint density at radius 1 is 1.00 bits per heavy atom. The molecule has 0 bridgehead atoms. The highest BCUT2D eigenvalue weighted by Gasteiger charge is 2.18. The lowest BCUT2D eigenvalue weighted by atomic mass is 10.1. The number of carbonyl (C=O) groups excluding carboxylic acids is 1. The number of nitrogens with one attached hydrogen (secondary N) is 1. The van der Waals surface area contributed by atoms with Gasteiger partial charge in [0, 0.05) is 4.90 Å². The van der Waals surface area contributed by atoms with E-state index in [4.69, 9.17) is 0 Å². The second-order valence-electron chi connectivity index (χ2n) is 5.12. The zero-order valence-electron chi connectivity index (χ0n) is 12.6. The maximum Gasteiger partial charge on any atom is 0.233 e. The summed E-state index contributed by atoms with van der Waals surface area (Å²) in [6.07, 6.45) is 0. The Hall–Kier alpha value is -1.95. The molecule has 0 aromatic heterocycles. The quantitative estimate of drug-likeness (QED) is 0.815. The molecule has 0 saturated carbocycles. The number of benzene rings is 2. The Morgan fingerprint density at radius 3 is 2.26 bits per heavy atom. The van der Waals surface area contributed by atoms with Crippen LogP contribution in [0.3, 0.4) is 0 Å². The van der Waals surface area contributed by atoms with E-state index in [1.165, 1.54) is 18.2 Å². The van der Waals surface area contributed by atoms with E-state index in [0.717, 1.165) is 29.5 Å². The highest BCUT2D eigenvalue weighted by molar-refractivity contribution is 8.00. The zero-order chi connectivity index (χ0) is 17.0. The number of amides is 1. The van der Waals surface area contributed by atoms with Crippen molar-refractivity contribution in [2.24, 2.45) is 0 Å². The van der Waals surface area contributed by atoms with E-state index < -0.39 is 16.9 Å². The third-order valence-corrected chi connectivity index (χ3v) is 4.40. The molecule has 2 aromatic carbocycles. The summed E-state index contributed by atoms with van der Waals surface area (Å²) in [6, 6.07) is 9.11. The summed E-state index contributed by atoms with van der Waals surface area (Å²) in [7, 11) is 0. The van der Waals surface area contributed by atoms with Gasteiger partial charge in [-0.3, -0.25) is 4.79 Å². The lowest BCUT2D eigenvalue weighted by Crippen LogP contribution is -2.33. The van der Waals surface area contributed by atoms with Gasteiger partial charge >= 0.3 is 0 Å². The molecule has 0 aliphatic rings. The number of carbonyl (C=O) groups is 1. The first-order valence-electron chi connectivity index (χ1n) is 7.04. The molecule has 23 heavy (non-hydrogen) atoms. The molecule has 1 N–H and O–H groups in total. The summed E-state index contributed by atoms with van der Waals surface area (Å²) in [6.45, 7) is 3.47. The van der Waals surface area contributed by atoms with E-state index in [-0.39, 0.29) is 17.8 Å². The molecule has 0 unspecified atom stereocenters. The van der Waals surface area contributed by atoms with Crippen molar-refractivity contribution in [2.45, 2.75) is 30.0 Å². The van der Waals surface area contributed by atoms with Crippen LogP contribution in [0.25, 0.3) is 0 Å². The van der Waals surface area contributed by atoms with Gasteiger partial charge in [-0.05, 0) is 49.7 Å². The van der Waals surface area contributed by atoms with Crippen molar-refractivity contribution in [2.75, 3.05) is 0 Å². The van der Waals surface area contributed by atoms with Crippen LogP contribution in [0, 0.1) is 17.5 Å². The molecule has 0 saturated heterocycles. The Morgan fingerprint density at radius 2 is 1.65 bits per heavy atom. The van der Waals surface area contributed by atoms with Crippen LogP contribution in [0.1, 0.15) is 25.5 Å². The SMILES string of the molecule is C[C@H](Sc1ccc(F)c(F)c1)C(=O)N[C@@H](C)c1ccc(F)cc1. The van der Waals surface area contributed by atoms with Crippen molar-refractivity contribution in [1.82, 2.24) is 5.32 Å². The maximum absolute atomic E-state index is 13.2. The van der Waals surface area contributed by atoms with Gasteiger partial charge in [0.2, 0.25) is 5.91 Å². The van der Waals surface area contributed by atoms with Crippen molar-refractivity contribution in [3.8, 4) is 0 Å². The minimum absolute atomic E-state index is 0.239. The predicted molar refractivity (Wildman–Crippen MR) is 84.6 cm³/mol. The molecule has 2 nitrogen and oxygen atoms in total. The molecule has 6 heteroatoms. The van der Waals surface area contributed by atoms with E-state index in [2.05, 4.69) is 5.32 Å². The molecular weight excluding hydrogens is 323 g/mol. The third kappa shape index (κ3) is 4.76. The third-order valence-electron chi connectivity index (χ3n) is 3.30. The number of hydrogen-bond acceptors (Lipinski definition) is 2. The van der Waals surface area contributed by atoms with E-state index in [1.807, 2.05) is 0 Å². The second kappa shape index (κ2) is 7.55. The number of hydrogen-bond donors (Lipinski definition) is 1. The van der Waals surface area contributed by atoms with Crippen molar-refractivity contribution < 1.29 is 18.0 Å². The van der Waals surface area contributed by atoms with Gasteiger partial charge in [-0.15, -0.1) is 11.8 Å². The van der Waals surface area contributed by atoms with Gasteiger partial charge in [0.05, 0.1) is 11.3 Å². The summed E-state index contributed by atoms with van der Waals surface area (Å²) in [4.78, 5) is 12.6. The lowest BCUT2D eigenvalue weighted by molar-refractivity contribution is -0.120. The molecule has 0 radical (unpaired) electrons. The molecule has 2 rings (SSSR count). The molecule has 2 aromatic rings. The van der Waals surface area contributed by atoms with Crippen LogP contribution in [0.2, 0.25) is 0 Å². The fourth-order valence-electron chi connectivity index (χ4n) is 1.97. The van der Waals surface area contributed by atoms with E-state index in [0.29, 0.717) is 4.90 Å². The monoisotopic (exact) mass is 339 g/mol. The second-order valence-corrected chi connectivity index (χ2v) is 6.53. The smallest absolute Gasteiger partial charge is 0.233 e. The van der Waals surface area contributed by atoms with Crippen molar-refractivity contribution >= 4 is 17.7 Å². The van der Waals surface area contributed by atoms with Crippen LogP contribution in [0.5, 0.6) is 0 Å². The fraction of sp³-hybridized carbons (Fsp3) is 0.235. The van der Waals surface area contributed by atoms with Gasteiger partial charge in [-0.2, -0.15) is 0 Å². The normalized spacial score (nSPS) is 13.4. The highest BCUT2D eigenvalue weighted by Crippen LogP contribution is 2.25. The lowest BCUT2D eigenvalue weighted by Gasteiger charge is -2.18. The van der Waals surface area contributed by atoms with Gasteiger partial charge in [0.15, 0.2) is 11.6 Å². The summed E-state index contributed by atoms with van der Waals surface area (Å²) in [5.74, 6) is -2.44. The Balaban J connectivity index is 1.96. The summed E-state index contributed by atoms with van der Waals surface area (Å²) in [5.41, 5.74) is 0.782. The molecule has 1 amide bonds. The first kappa shape index (κ1) is 17.4. The van der Waals surface area contributed by atoms with E-state index in [1.54, 1.807) is 26.0 Å². The van der Waals surface area contributed by atoms with Crippen LogP contribution in [-0.4, -0.2) is 11.2 Å². The molecule has 0 fully saturated rings. The van der Waals surface area contributed by atoms with E-state index >= 15 is 0 Å². The first-order chi connectivity index (χ1) is 10.9. The average molecular weight is 339 g/mol. The Labute approximate surface area is 137 Å². The molecule has 2 atom stereocenters. The van der Waals surface area contributed by atoms with Gasteiger partial charge in [-0.1, -0.05) is 12.1 Å². The van der Waals surface area contributed by atoms with Crippen LogP contribution >= 0.6 is 11.8 Å². The summed E-state index contributed by atoms with van der Waals surface area (Å²) < 4.78 is 39.0. The number of halogens is 3. The molecule has 0 heterocycles. The molecule has 0 aliphatic carbocycles. The van der Waals surface area contributed by atoms with E-state index in [9.17, 15) is 18.0 Å². The van der Waals surface area contributed by atoms with Crippen LogP contribution in [-0.2, 0) is 4.79 Å². The minimum Gasteiger partial charge on any atom is -0.349 e. The van der Waals surface area contributed by atoms with Gasteiger partial charge in [0.25, 0.3) is 0 Å². The Kier molecular flexibility index (Phi) is 5.71. The fourth-order valence-corrected chi connectivity index (χ4v) is 2.87. The number of rotatable bonds is 5. The molecule has 0 aliphatic heterocycles. The summed E-state index contributed by atoms with van der Waals surface area (Å²) >= 11 is 1.14. The Bertz CT molecular complexity index is 691. The molecular formula is C17H16F3NOS.